The van der Waals surface area contributed by atoms with Crippen LogP contribution in [0.4, 0.5) is 0 Å². The van der Waals surface area contributed by atoms with Gasteiger partial charge in [0.05, 0.1) is 19.3 Å². The molecule has 0 radical (unpaired) electrons. The Balaban J connectivity index is 3.56. The van der Waals surface area contributed by atoms with Crippen LogP contribution in [0.1, 0.15) is 82.6 Å². The Morgan fingerprint density at radius 2 is 1.07 bits per heavy atom. The fraction of sp³-hybridized carbons (Fsp3) is 0.528. The molecule has 0 aliphatic heterocycles. The molecule has 0 spiro atoms. The van der Waals surface area contributed by atoms with Gasteiger partial charge in [-0.05, 0) is 23.8 Å². The van der Waals surface area contributed by atoms with E-state index < -0.39 is 140 Å². The molecule has 0 saturated heterocycles. The molecule has 14 N–H and O–H groups in total. The molecule has 0 aliphatic carbocycles. The summed E-state index contributed by atoms with van der Waals surface area (Å²) in [6, 6.07) is -5.29. The number of carbonyl (C=O) groups is 11. The van der Waals surface area contributed by atoms with E-state index in [-0.39, 0.29) is 29.9 Å². The van der Waals surface area contributed by atoms with Gasteiger partial charge in [0, 0.05) is 18.9 Å². The number of nitrogens with one attached hydrogen (secondary N) is 6. The maximum atomic E-state index is 14.0. The summed E-state index contributed by atoms with van der Waals surface area (Å²) in [5.74, 6) is -12.5. The van der Waals surface area contributed by atoms with Crippen molar-refractivity contribution in [1.29, 1.82) is 0 Å². The van der Waals surface area contributed by atoms with E-state index in [4.69, 9.17) is 16.6 Å². The zero-order chi connectivity index (χ0) is 46.9. The molecule has 0 bridgehead atoms. The number of carbonyl (C=O) groups excluding carboxylic acids is 9. The average molecular weight is 885 g/mol. The summed E-state index contributed by atoms with van der Waals surface area (Å²) >= 11 is 0. The molecule has 1 rings (SSSR count). The van der Waals surface area contributed by atoms with E-state index in [0.717, 1.165) is 19.1 Å². The van der Waals surface area contributed by atoms with Crippen LogP contribution in [0.3, 0.4) is 0 Å². The van der Waals surface area contributed by atoms with Crippen molar-refractivity contribution in [3.63, 3.8) is 0 Å². The van der Waals surface area contributed by atoms with Gasteiger partial charge in [0.1, 0.15) is 36.3 Å². The molecular formula is C36H53N8O16P. The largest absolute Gasteiger partial charge is 0.481 e. The van der Waals surface area contributed by atoms with Crippen molar-refractivity contribution < 1.29 is 77.3 Å². The van der Waals surface area contributed by atoms with Crippen molar-refractivity contribution in [2.75, 3.05) is 0 Å². The molecule has 338 valence electrons. The van der Waals surface area contributed by atoms with E-state index in [0.29, 0.717) is 0 Å². The first kappa shape index (κ1) is 52.8. The number of rotatable bonds is 26. The second-order valence-electron chi connectivity index (χ2n) is 14.5. The van der Waals surface area contributed by atoms with E-state index in [9.17, 15) is 72.2 Å². The van der Waals surface area contributed by atoms with E-state index in [1.807, 2.05) is 0 Å². The molecule has 61 heavy (non-hydrogen) atoms. The number of carboxylic acids is 2. The van der Waals surface area contributed by atoms with E-state index in [1.54, 1.807) is 20.8 Å². The Morgan fingerprint density at radius 1 is 0.623 bits per heavy atom. The van der Waals surface area contributed by atoms with Crippen molar-refractivity contribution in [3.8, 4) is 0 Å². The molecule has 25 heteroatoms. The first-order valence-electron chi connectivity index (χ1n) is 18.7. The van der Waals surface area contributed by atoms with Crippen molar-refractivity contribution in [1.82, 2.24) is 31.9 Å². The fourth-order valence-electron chi connectivity index (χ4n) is 5.57. The predicted molar refractivity (Wildman–Crippen MR) is 210 cm³/mol. The van der Waals surface area contributed by atoms with Crippen LogP contribution in [0.2, 0.25) is 0 Å². The lowest BCUT2D eigenvalue weighted by Crippen LogP contribution is -2.61. The number of carboxylic acid groups (broad SMARTS) is 2. The van der Waals surface area contributed by atoms with Crippen molar-refractivity contribution in [2.24, 2.45) is 23.3 Å². The van der Waals surface area contributed by atoms with Crippen molar-refractivity contribution >= 4 is 72.3 Å². The molecule has 0 unspecified atom stereocenters. The third-order valence-corrected chi connectivity index (χ3v) is 9.61. The summed E-state index contributed by atoms with van der Waals surface area (Å²) in [5, 5.41) is 32.5. The van der Waals surface area contributed by atoms with Gasteiger partial charge in [-0.1, -0.05) is 58.4 Å². The second kappa shape index (κ2) is 24.1. The highest BCUT2D eigenvalue weighted by Gasteiger charge is 2.36. The normalized spacial score (nSPS) is 14.6. The molecule has 0 fully saturated rings. The number of amides is 8. The number of hydrogen-bond donors (Lipinski definition) is 12. The minimum absolute atomic E-state index is 0.104. The van der Waals surface area contributed by atoms with Gasteiger partial charge in [-0.3, -0.25) is 57.3 Å². The minimum atomic E-state index is -5.16. The van der Waals surface area contributed by atoms with Gasteiger partial charge in [0.2, 0.25) is 47.3 Å². The van der Waals surface area contributed by atoms with Gasteiger partial charge in [0.25, 0.3) is 5.52 Å². The molecule has 8 amide bonds. The summed E-state index contributed by atoms with van der Waals surface area (Å²) in [5.41, 5.74) is 8.78. The molecule has 1 aromatic carbocycles. The lowest BCUT2D eigenvalue weighted by Gasteiger charge is -2.29. The molecule has 0 saturated carbocycles. The Morgan fingerprint density at radius 3 is 1.51 bits per heavy atom. The van der Waals surface area contributed by atoms with Gasteiger partial charge in [0.15, 0.2) is 0 Å². The smallest absolute Gasteiger partial charge is 0.396 e. The summed E-state index contributed by atoms with van der Waals surface area (Å²) in [7, 11) is -5.16. The van der Waals surface area contributed by atoms with Crippen LogP contribution in [0.25, 0.3) is 0 Å². The van der Waals surface area contributed by atoms with Gasteiger partial charge in [-0.25, -0.2) is 0 Å². The highest BCUT2D eigenvalue weighted by atomic mass is 31.2. The molecule has 0 aliphatic rings. The maximum absolute atomic E-state index is 14.0. The Hall–Kier alpha value is -6.26. The van der Waals surface area contributed by atoms with Crippen molar-refractivity contribution in [2.45, 2.75) is 109 Å². The monoisotopic (exact) mass is 884 g/mol. The quantitative estimate of drug-likeness (QED) is 0.0410. The summed E-state index contributed by atoms with van der Waals surface area (Å²) < 4.78 is 11.5. The lowest BCUT2D eigenvalue weighted by atomic mass is 9.96. The number of nitrogens with two attached hydrogens (primary N) is 2. The van der Waals surface area contributed by atoms with Crippen molar-refractivity contribution in [3.05, 3.63) is 35.4 Å². The third-order valence-electron chi connectivity index (χ3n) is 8.82. The average Bonchev–Trinajstić information content (AvgIpc) is 3.13. The first-order chi connectivity index (χ1) is 28.2. The SMILES string of the molecule is CC[C@H](C)[C@H](NC(=O)[C@H](Cc1ccc(C(=O)P(=O)(O)O)cc1)NC(=O)[C@H](CC(N)=O)NC(C)=O)C(=O)N[C@@H](CC(=O)O)C(=O)N[C@@H](CC(C)C)C(=O)N[C@@H](CC(=O)O)C(N)=O. The summed E-state index contributed by atoms with van der Waals surface area (Å²) in [6.07, 6.45) is -2.96. The molecule has 1 aromatic rings. The zero-order valence-corrected chi connectivity index (χ0v) is 34.9. The van der Waals surface area contributed by atoms with Gasteiger partial charge < -0.3 is 63.4 Å². The van der Waals surface area contributed by atoms with Crippen LogP contribution < -0.4 is 43.4 Å². The standard InChI is InChI=1S/C36H53N8O16P/c1-6-17(4)29(35(56)43-25(15-28(49)50)33(54)41-22(11-16(2)3)31(52)40-21(30(38)51)14-27(47)48)44-34(55)23(42-32(53)24(13-26(37)46)39-18(5)45)12-19-7-9-20(10-8-19)36(57)61(58,59)60/h7-10,16-17,21-25,29H,6,11-15H2,1-5H3,(H2,37,46)(H2,38,51)(H,39,45)(H,40,52)(H,41,54)(H,42,53)(H,43,56)(H,44,55)(H,47,48)(H,49,50)(H2,58,59,60)/t17-,21-,22-,23-,24-,25-,29-/m0/s1. The molecule has 7 atom stereocenters. The summed E-state index contributed by atoms with van der Waals surface area (Å²) in [4.78, 5) is 157. The van der Waals surface area contributed by atoms with E-state index >= 15 is 0 Å². The number of primary amides is 2. The first-order valence-corrected chi connectivity index (χ1v) is 20.3. The van der Waals surface area contributed by atoms with E-state index in [2.05, 4.69) is 31.9 Å². The molecule has 0 heterocycles. The third kappa shape index (κ3) is 18.7. The number of aliphatic carboxylic acids is 2. The lowest BCUT2D eigenvalue weighted by molar-refractivity contribution is -0.142. The Bertz CT molecular complexity index is 1870. The minimum Gasteiger partial charge on any atom is -0.481 e. The molecule has 0 aromatic heterocycles. The van der Waals surface area contributed by atoms with Gasteiger partial charge >= 0.3 is 19.5 Å². The van der Waals surface area contributed by atoms with Crippen LogP contribution in [-0.2, 0) is 58.9 Å². The van der Waals surface area contributed by atoms with Gasteiger partial charge in [-0.2, -0.15) is 0 Å². The number of hydrogen-bond acceptors (Lipinski definition) is 12. The maximum Gasteiger partial charge on any atom is 0.396 e. The van der Waals surface area contributed by atoms with Crippen LogP contribution in [0.5, 0.6) is 0 Å². The van der Waals surface area contributed by atoms with E-state index in [1.165, 1.54) is 19.1 Å². The van der Waals surface area contributed by atoms with Crippen LogP contribution in [-0.4, -0.2) is 121 Å². The second-order valence-corrected chi connectivity index (χ2v) is 16.0. The number of benzene rings is 1. The Kier molecular flexibility index (Phi) is 20.9. The summed E-state index contributed by atoms with van der Waals surface area (Å²) in [6.45, 7) is 7.48. The van der Waals surface area contributed by atoms with Gasteiger partial charge in [-0.15, -0.1) is 0 Å². The molecule has 24 nitrogen and oxygen atoms in total. The zero-order valence-electron chi connectivity index (χ0n) is 34.0. The predicted octanol–water partition coefficient (Wildman–Crippen LogP) is -3.12. The Labute approximate surface area is 349 Å². The van der Waals surface area contributed by atoms with Crippen LogP contribution >= 0.6 is 7.60 Å². The molecular weight excluding hydrogens is 831 g/mol. The van der Waals surface area contributed by atoms with Crippen LogP contribution in [0, 0.1) is 11.8 Å². The fourth-order valence-corrected chi connectivity index (χ4v) is 6.06. The highest BCUT2D eigenvalue weighted by Crippen LogP contribution is 2.38. The highest BCUT2D eigenvalue weighted by molar-refractivity contribution is 7.70. The van der Waals surface area contributed by atoms with Crippen LogP contribution in [0.15, 0.2) is 24.3 Å². The topological polar surface area (TPSA) is 410 Å².